The van der Waals surface area contributed by atoms with Gasteiger partial charge in [-0.3, -0.25) is 9.59 Å². The highest BCUT2D eigenvalue weighted by atomic mass is 16.5. The van der Waals surface area contributed by atoms with Gasteiger partial charge in [0.05, 0.1) is 12.0 Å². The Balaban J connectivity index is 1.75. The predicted molar refractivity (Wildman–Crippen MR) is 65.9 cm³/mol. The van der Waals surface area contributed by atoms with Crippen molar-refractivity contribution in [3.63, 3.8) is 0 Å². The third-order valence-electron chi connectivity index (χ3n) is 3.37. The average Bonchev–Trinajstić information content (AvgIpc) is 3.16. The summed E-state index contributed by atoms with van der Waals surface area (Å²) < 4.78 is 5.50. The summed E-state index contributed by atoms with van der Waals surface area (Å²) in [6.45, 7) is 0.483. The number of aliphatic carboxylic acids is 1. The molecule has 96 valence electrons. The van der Waals surface area contributed by atoms with Crippen molar-refractivity contribution in [3.8, 4) is 5.75 Å². The monoisotopic (exact) mass is 248 g/mol. The van der Waals surface area contributed by atoms with E-state index in [1.807, 2.05) is 0 Å². The summed E-state index contributed by atoms with van der Waals surface area (Å²) in [6, 6.07) is 6.94. The first-order chi connectivity index (χ1) is 8.66. The smallest absolute Gasteiger partial charge is 0.309 e. The number of aldehydes is 1. The van der Waals surface area contributed by atoms with Gasteiger partial charge in [0.2, 0.25) is 0 Å². The van der Waals surface area contributed by atoms with E-state index in [9.17, 15) is 9.59 Å². The second-order valence-corrected chi connectivity index (χ2v) is 4.73. The summed E-state index contributed by atoms with van der Waals surface area (Å²) in [5, 5.41) is 9.01. The molecule has 1 aliphatic carbocycles. The zero-order valence-electron chi connectivity index (χ0n) is 10.1. The Kier molecular flexibility index (Phi) is 3.65. The summed E-state index contributed by atoms with van der Waals surface area (Å²) in [4.78, 5) is 21.5. The molecule has 1 fully saturated rings. The lowest BCUT2D eigenvalue weighted by Gasteiger charge is -2.10. The largest absolute Gasteiger partial charge is 0.494 e. The lowest BCUT2D eigenvalue weighted by Crippen LogP contribution is -2.15. The summed E-state index contributed by atoms with van der Waals surface area (Å²) in [5.74, 6) is -0.0368. The molecule has 0 atom stereocenters. The van der Waals surface area contributed by atoms with Crippen LogP contribution in [0, 0.1) is 5.41 Å². The number of ether oxygens (including phenoxy) is 1. The number of benzene rings is 1. The molecule has 0 heterocycles. The highest BCUT2D eigenvalue weighted by Crippen LogP contribution is 2.49. The van der Waals surface area contributed by atoms with Gasteiger partial charge in [-0.1, -0.05) is 12.1 Å². The van der Waals surface area contributed by atoms with E-state index in [1.54, 1.807) is 24.3 Å². The van der Waals surface area contributed by atoms with Gasteiger partial charge in [-0.15, -0.1) is 0 Å². The third kappa shape index (κ3) is 2.88. The van der Waals surface area contributed by atoms with Crippen LogP contribution in [0.3, 0.4) is 0 Å². The fourth-order valence-electron chi connectivity index (χ4n) is 2.00. The van der Waals surface area contributed by atoms with Gasteiger partial charge in [0.25, 0.3) is 0 Å². The molecule has 18 heavy (non-hydrogen) atoms. The summed E-state index contributed by atoms with van der Waals surface area (Å²) >= 11 is 0. The van der Waals surface area contributed by atoms with Crippen LogP contribution in [-0.4, -0.2) is 24.0 Å². The highest BCUT2D eigenvalue weighted by Gasteiger charge is 2.49. The Bertz CT molecular complexity index is 449. The molecule has 0 unspecified atom stereocenters. The molecule has 4 heteroatoms. The number of hydrogen-bond donors (Lipinski definition) is 1. The van der Waals surface area contributed by atoms with Crippen LogP contribution in [0.2, 0.25) is 0 Å². The molecule has 2 rings (SSSR count). The van der Waals surface area contributed by atoms with E-state index in [-0.39, 0.29) is 0 Å². The number of carbonyl (C=O) groups excluding carboxylic acids is 1. The van der Waals surface area contributed by atoms with Crippen molar-refractivity contribution in [3.05, 3.63) is 29.8 Å². The predicted octanol–water partition coefficient (Wildman–Crippen LogP) is 2.52. The van der Waals surface area contributed by atoms with E-state index >= 15 is 0 Å². The zero-order chi connectivity index (χ0) is 13.0. The maximum Gasteiger partial charge on any atom is 0.309 e. The van der Waals surface area contributed by atoms with Crippen LogP contribution in [0.5, 0.6) is 5.75 Å². The van der Waals surface area contributed by atoms with Crippen molar-refractivity contribution in [2.24, 2.45) is 5.41 Å². The summed E-state index contributed by atoms with van der Waals surface area (Å²) in [5.41, 5.74) is 0.102. The van der Waals surface area contributed by atoms with Gasteiger partial charge in [-0.05, 0) is 37.8 Å². The lowest BCUT2D eigenvalue weighted by atomic mass is 10.0. The van der Waals surface area contributed by atoms with Crippen LogP contribution >= 0.6 is 0 Å². The van der Waals surface area contributed by atoms with Gasteiger partial charge in [0.15, 0.2) is 0 Å². The Morgan fingerprint density at radius 3 is 2.83 bits per heavy atom. The number of carbonyl (C=O) groups is 2. The summed E-state index contributed by atoms with van der Waals surface area (Å²) in [6.07, 6.45) is 3.72. The molecule has 0 aliphatic heterocycles. The van der Waals surface area contributed by atoms with E-state index in [1.165, 1.54) is 0 Å². The highest BCUT2D eigenvalue weighted by molar-refractivity contribution is 5.77. The minimum Gasteiger partial charge on any atom is -0.494 e. The van der Waals surface area contributed by atoms with Crippen LogP contribution in [0.25, 0.3) is 0 Å². The molecular weight excluding hydrogens is 232 g/mol. The molecule has 1 aromatic carbocycles. The minimum atomic E-state index is -0.689. The third-order valence-corrected chi connectivity index (χ3v) is 3.37. The maximum atomic E-state index is 11.0. The van der Waals surface area contributed by atoms with E-state index in [4.69, 9.17) is 9.84 Å². The van der Waals surface area contributed by atoms with Crippen LogP contribution < -0.4 is 4.74 Å². The van der Waals surface area contributed by atoms with Gasteiger partial charge in [-0.25, -0.2) is 0 Å². The zero-order valence-corrected chi connectivity index (χ0v) is 10.1. The van der Waals surface area contributed by atoms with Crippen LogP contribution in [0.1, 0.15) is 36.0 Å². The molecule has 0 spiro atoms. The van der Waals surface area contributed by atoms with Gasteiger partial charge >= 0.3 is 5.97 Å². The fourth-order valence-corrected chi connectivity index (χ4v) is 2.00. The van der Waals surface area contributed by atoms with Crippen molar-refractivity contribution < 1.29 is 19.4 Å². The fraction of sp³-hybridized carbons (Fsp3) is 0.429. The van der Waals surface area contributed by atoms with Crippen molar-refractivity contribution >= 4 is 12.3 Å². The molecule has 1 saturated carbocycles. The van der Waals surface area contributed by atoms with Crippen LogP contribution in [-0.2, 0) is 4.79 Å². The second kappa shape index (κ2) is 5.21. The topological polar surface area (TPSA) is 63.6 Å². The molecule has 1 N–H and O–H groups in total. The molecule has 1 aromatic rings. The van der Waals surface area contributed by atoms with Crippen LogP contribution in [0.4, 0.5) is 0 Å². The lowest BCUT2D eigenvalue weighted by molar-refractivity contribution is -0.143. The quantitative estimate of drug-likeness (QED) is 0.595. The van der Waals surface area contributed by atoms with E-state index in [0.29, 0.717) is 24.3 Å². The van der Waals surface area contributed by atoms with Gasteiger partial charge in [-0.2, -0.15) is 0 Å². The number of carboxylic acids is 1. The molecule has 1 aliphatic rings. The van der Waals surface area contributed by atoms with Gasteiger partial charge in [0.1, 0.15) is 12.0 Å². The Morgan fingerprint density at radius 2 is 2.22 bits per heavy atom. The molecular formula is C14H16O4. The maximum absolute atomic E-state index is 11.0. The SMILES string of the molecule is O=Cc1cccc(OCCCC2(C(=O)O)CC2)c1. The Labute approximate surface area is 106 Å². The van der Waals surface area contributed by atoms with Crippen molar-refractivity contribution in [2.45, 2.75) is 25.7 Å². The number of carboxylic acid groups (broad SMARTS) is 1. The second-order valence-electron chi connectivity index (χ2n) is 4.73. The molecule has 0 aromatic heterocycles. The molecule has 4 nitrogen and oxygen atoms in total. The Hall–Kier alpha value is -1.84. The normalized spacial score (nSPS) is 16.0. The van der Waals surface area contributed by atoms with Crippen LogP contribution in [0.15, 0.2) is 24.3 Å². The number of hydrogen-bond acceptors (Lipinski definition) is 3. The first-order valence-corrected chi connectivity index (χ1v) is 6.08. The Morgan fingerprint density at radius 1 is 1.44 bits per heavy atom. The van der Waals surface area contributed by atoms with E-state index < -0.39 is 11.4 Å². The van der Waals surface area contributed by atoms with Crippen molar-refractivity contribution in [2.75, 3.05) is 6.61 Å². The van der Waals surface area contributed by atoms with Crippen molar-refractivity contribution in [1.29, 1.82) is 0 Å². The standard InChI is InChI=1S/C14H16O4/c15-10-11-3-1-4-12(9-11)18-8-2-5-14(6-7-14)13(16)17/h1,3-4,9-10H,2,5-8H2,(H,16,17). The summed E-state index contributed by atoms with van der Waals surface area (Å²) in [7, 11) is 0. The van der Waals surface area contributed by atoms with Gasteiger partial charge < -0.3 is 9.84 Å². The van der Waals surface area contributed by atoms with E-state index in [2.05, 4.69) is 0 Å². The molecule has 0 radical (unpaired) electrons. The molecule has 0 saturated heterocycles. The first kappa shape index (κ1) is 12.6. The van der Waals surface area contributed by atoms with Gasteiger partial charge in [0, 0.05) is 5.56 Å². The molecule has 0 bridgehead atoms. The number of rotatable bonds is 7. The van der Waals surface area contributed by atoms with Crippen molar-refractivity contribution in [1.82, 2.24) is 0 Å². The van der Waals surface area contributed by atoms with E-state index in [0.717, 1.165) is 25.5 Å². The minimum absolute atomic E-state index is 0.478. The first-order valence-electron chi connectivity index (χ1n) is 6.08. The molecule has 0 amide bonds. The average molecular weight is 248 g/mol.